The summed E-state index contributed by atoms with van der Waals surface area (Å²) in [7, 11) is 1.69. The standard InChI is InChI=1S/C21H20N4O/c1-26-20-10-6-5-9-18(20)21-23-12-14-25(21)19(15-24-13-11-22-16-24)17-7-3-2-4-8-17/h2-14,16,19H,15H2,1H3/t19-/m1/s1. The molecule has 130 valence electrons. The molecule has 0 unspecified atom stereocenters. The number of nitrogens with zero attached hydrogens (tertiary/aromatic N) is 4. The van der Waals surface area contributed by atoms with E-state index in [4.69, 9.17) is 4.74 Å². The molecule has 0 spiro atoms. The molecule has 0 amide bonds. The van der Waals surface area contributed by atoms with Gasteiger partial charge in [0.2, 0.25) is 0 Å². The highest BCUT2D eigenvalue weighted by atomic mass is 16.5. The minimum atomic E-state index is 0.0906. The molecule has 2 aromatic carbocycles. The van der Waals surface area contributed by atoms with Gasteiger partial charge in [-0.2, -0.15) is 0 Å². The minimum absolute atomic E-state index is 0.0906. The van der Waals surface area contributed by atoms with E-state index in [9.17, 15) is 0 Å². The summed E-state index contributed by atoms with van der Waals surface area (Å²) in [4.78, 5) is 8.81. The van der Waals surface area contributed by atoms with Crippen molar-refractivity contribution < 1.29 is 4.74 Å². The van der Waals surface area contributed by atoms with Gasteiger partial charge >= 0.3 is 0 Å². The van der Waals surface area contributed by atoms with Crippen molar-refractivity contribution in [1.29, 1.82) is 0 Å². The van der Waals surface area contributed by atoms with Gasteiger partial charge in [0.05, 0.1) is 25.0 Å². The van der Waals surface area contributed by atoms with Gasteiger partial charge in [0.1, 0.15) is 11.6 Å². The Labute approximate surface area is 152 Å². The average Bonchev–Trinajstić information content (AvgIpc) is 3.38. The summed E-state index contributed by atoms with van der Waals surface area (Å²) >= 11 is 0. The number of rotatable bonds is 6. The van der Waals surface area contributed by atoms with Crippen molar-refractivity contribution in [2.45, 2.75) is 12.6 Å². The molecule has 0 aliphatic carbocycles. The molecule has 1 atom stereocenters. The van der Waals surface area contributed by atoms with E-state index >= 15 is 0 Å². The summed E-state index contributed by atoms with van der Waals surface area (Å²) < 4.78 is 9.84. The van der Waals surface area contributed by atoms with Crippen LogP contribution in [0.1, 0.15) is 11.6 Å². The average molecular weight is 344 g/mol. The Morgan fingerprint density at radius 2 is 1.77 bits per heavy atom. The third-order valence-corrected chi connectivity index (χ3v) is 4.48. The summed E-state index contributed by atoms with van der Waals surface area (Å²) in [5.74, 6) is 1.70. The number of hydrogen-bond donors (Lipinski definition) is 0. The molecule has 0 saturated carbocycles. The third kappa shape index (κ3) is 3.11. The lowest BCUT2D eigenvalue weighted by atomic mass is 10.1. The SMILES string of the molecule is COc1ccccc1-c1nccn1[C@H](Cn1ccnc1)c1ccccc1. The van der Waals surface area contributed by atoms with Crippen molar-refractivity contribution in [3.63, 3.8) is 0 Å². The van der Waals surface area contributed by atoms with Crippen molar-refractivity contribution in [1.82, 2.24) is 19.1 Å². The van der Waals surface area contributed by atoms with E-state index in [1.807, 2.05) is 55.2 Å². The summed E-state index contributed by atoms with van der Waals surface area (Å²) in [6.07, 6.45) is 9.49. The number of ether oxygens (including phenoxy) is 1. The summed E-state index contributed by atoms with van der Waals surface area (Å²) in [5, 5.41) is 0. The van der Waals surface area contributed by atoms with Crippen LogP contribution < -0.4 is 4.74 Å². The molecule has 2 heterocycles. The van der Waals surface area contributed by atoms with Gasteiger partial charge in [-0.15, -0.1) is 0 Å². The van der Waals surface area contributed by atoms with E-state index in [2.05, 4.69) is 43.4 Å². The molecular weight excluding hydrogens is 324 g/mol. The molecule has 2 aromatic heterocycles. The van der Waals surface area contributed by atoms with Gasteiger partial charge in [-0.1, -0.05) is 42.5 Å². The minimum Gasteiger partial charge on any atom is -0.496 e. The van der Waals surface area contributed by atoms with E-state index in [-0.39, 0.29) is 6.04 Å². The highest BCUT2D eigenvalue weighted by Crippen LogP contribution is 2.32. The highest BCUT2D eigenvalue weighted by Gasteiger charge is 2.20. The molecule has 26 heavy (non-hydrogen) atoms. The van der Waals surface area contributed by atoms with Crippen LogP contribution in [-0.4, -0.2) is 26.2 Å². The van der Waals surface area contributed by atoms with E-state index in [0.717, 1.165) is 23.7 Å². The molecule has 0 fully saturated rings. The van der Waals surface area contributed by atoms with Gasteiger partial charge in [-0.25, -0.2) is 9.97 Å². The Kier molecular flexibility index (Phi) is 4.51. The Balaban J connectivity index is 1.81. The predicted molar refractivity (Wildman–Crippen MR) is 101 cm³/mol. The molecule has 5 heteroatoms. The fraction of sp³-hybridized carbons (Fsp3) is 0.143. The zero-order valence-electron chi connectivity index (χ0n) is 14.6. The third-order valence-electron chi connectivity index (χ3n) is 4.48. The normalized spacial score (nSPS) is 12.0. The number of imidazole rings is 2. The molecule has 5 nitrogen and oxygen atoms in total. The quantitative estimate of drug-likeness (QED) is 0.530. The van der Waals surface area contributed by atoms with Gasteiger partial charge in [0.25, 0.3) is 0 Å². The number of para-hydroxylation sites is 1. The maximum atomic E-state index is 5.55. The van der Waals surface area contributed by atoms with Crippen LogP contribution in [0.15, 0.2) is 85.7 Å². The van der Waals surface area contributed by atoms with Gasteiger partial charge in [-0.3, -0.25) is 0 Å². The van der Waals surface area contributed by atoms with Crippen LogP contribution in [0.3, 0.4) is 0 Å². The molecule has 4 rings (SSSR count). The summed E-state index contributed by atoms with van der Waals surface area (Å²) in [6, 6.07) is 18.5. The lowest BCUT2D eigenvalue weighted by Crippen LogP contribution is -2.17. The Morgan fingerprint density at radius 3 is 2.54 bits per heavy atom. The molecule has 0 aliphatic heterocycles. The lowest BCUT2D eigenvalue weighted by molar-refractivity contribution is 0.415. The maximum Gasteiger partial charge on any atom is 0.144 e. The summed E-state index contributed by atoms with van der Waals surface area (Å²) in [5.41, 5.74) is 2.20. The summed E-state index contributed by atoms with van der Waals surface area (Å²) in [6.45, 7) is 0.766. The van der Waals surface area contributed by atoms with Crippen molar-refractivity contribution in [2.24, 2.45) is 0 Å². The van der Waals surface area contributed by atoms with E-state index in [1.165, 1.54) is 5.56 Å². The fourth-order valence-corrected chi connectivity index (χ4v) is 3.23. The monoisotopic (exact) mass is 344 g/mol. The molecule has 0 aliphatic rings. The zero-order valence-corrected chi connectivity index (χ0v) is 14.6. The van der Waals surface area contributed by atoms with Crippen LogP contribution in [0.2, 0.25) is 0 Å². The first-order valence-electron chi connectivity index (χ1n) is 8.53. The van der Waals surface area contributed by atoms with E-state index in [0.29, 0.717) is 0 Å². The van der Waals surface area contributed by atoms with E-state index in [1.54, 1.807) is 13.3 Å². The number of hydrogen-bond acceptors (Lipinski definition) is 3. The lowest BCUT2D eigenvalue weighted by Gasteiger charge is -2.22. The van der Waals surface area contributed by atoms with Gasteiger partial charge in [0, 0.05) is 31.3 Å². The van der Waals surface area contributed by atoms with Crippen LogP contribution in [0.4, 0.5) is 0 Å². The number of methoxy groups -OCH3 is 1. The highest BCUT2D eigenvalue weighted by molar-refractivity contribution is 5.64. The molecule has 0 radical (unpaired) electrons. The Morgan fingerprint density at radius 1 is 0.962 bits per heavy atom. The largest absolute Gasteiger partial charge is 0.496 e. The van der Waals surface area contributed by atoms with Gasteiger partial charge in [-0.05, 0) is 17.7 Å². The molecule has 0 N–H and O–H groups in total. The predicted octanol–water partition coefficient (Wildman–Crippen LogP) is 4.04. The smallest absolute Gasteiger partial charge is 0.144 e. The van der Waals surface area contributed by atoms with Crippen molar-refractivity contribution in [2.75, 3.05) is 7.11 Å². The van der Waals surface area contributed by atoms with Crippen molar-refractivity contribution in [3.05, 3.63) is 91.3 Å². The first-order chi connectivity index (χ1) is 12.9. The van der Waals surface area contributed by atoms with Crippen LogP contribution in [-0.2, 0) is 6.54 Å². The molecular formula is C21H20N4O. The maximum absolute atomic E-state index is 5.55. The Bertz CT molecular complexity index is 961. The van der Waals surface area contributed by atoms with E-state index < -0.39 is 0 Å². The van der Waals surface area contributed by atoms with Crippen molar-refractivity contribution >= 4 is 0 Å². The second kappa shape index (κ2) is 7.27. The van der Waals surface area contributed by atoms with Crippen LogP contribution in [0.5, 0.6) is 5.75 Å². The van der Waals surface area contributed by atoms with Gasteiger partial charge < -0.3 is 13.9 Å². The first-order valence-corrected chi connectivity index (χ1v) is 8.53. The molecule has 0 bridgehead atoms. The Hall–Kier alpha value is -3.34. The molecule has 4 aromatic rings. The fourth-order valence-electron chi connectivity index (χ4n) is 3.23. The second-order valence-electron chi connectivity index (χ2n) is 6.04. The molecule has 0 saturated heterocycles. The van der Waals surface area contributed by atoms with Crippen molar-refractivity contribution in [3.8, 4) is 17.1 Å². The van der Waals surface area contributed by atoms with Gasteiger partial charge in [0.15, 0.2) is 0 Å². The topological polar surface area (TPSA) is 44.9 Å². The van der Waals surface area contributed by atoms with Crippen LogP contribution in [0, 0.1) is 0 Å². The first kappa shape index (κ1) is 16.1. The number of aromatic nitrogens is 4. The number of benzene rings is 2. The van der Waals surface area contributed by atoms with Crippen LogP contribution in [0.25, 0.3) is 11.4 Å². The zero-order chi connectivity index (χ0) is 17.8. The second-order valence-corrected chi connectivity index (χ2v) is 6.04. The van der Waals surface area contributed by atoms with Crippen LogP contribution >= 0.6 is 0 Å².